The Labute approximate surface area is 106 Å². The second kappa shape index (κ2) is 6.97. The Balaban J connectivity index is 2.75. The van der Waals surface area contributed by atoms with Gasteiger partial charge in [-0.2, -0.15) is 0 Å². The van der Waals surface area contributed by atoms with Gasteiger partial charge in [-0.15, -0.1) is 6.58 Å². The zero-order valence-corrected chi connectivity index (χ0v) is 10.5. The lowest BCUT2D eigenvalue weighted by molar-refractivity contribution is 0.0596. The maximum atomic E-state index is 11.5. The number of carbonyl (C=O) groups excluding carboxylic acids is 1. The van der Waals surface area contributed by atoms with Crippen molar-refractivity contribution >= 4 is 17.6 Å². The van der Waals surface area contributed by atoms with Crippen molar-refractivity contribution in [3.63, 3.8) is 0 Å². The molecule has 0 saturated carbocycles. The number of allylic oxidation sites excluding steroid dienone is 1. The monoisotopic (exact) mass is 254 g/mol. The van der Waals surface area contributed by atoms with Gasteiger partial charge in [-0.1, -0.05) is 17.7 Å². The molecule has 0 atom stereocenters. The van der Waals surface area contributed by atoms with Crippen LogP contribution in [0.15, 0.2) is 30.9 Å². The Hall–Kier alpha value is -1.48. The molecule has 1 aromatic carbocycles. The molecule has 1 rings (SSSR count). The molecule has 0 aromatic heterocycles. The van der Waals surface area contributed by atoms with Crippen molar-refractivity contribution in [2.45, 2.75) is 12.8 Å². The molecule has 0 saturated heterocycles. The minimum absolute atomic E-state index is 0.346. The fourth-order valence-electron chi connectivity index (χ4n) is 1.31. The Morgan fingerprint density at radius 1 is 1.53 bits per heavy atom. The van der Waals surface area contributed by atoms with Crippen LogP contribution in [0.25, 0.3) is 0 Å². The summed E-state index contributed by atoms with van der Waals surface area (Å²) in [5.41, 5.74) is 0.346. The number of benzene rings is 1. The molecule has 0 bridgehead atoms. The maximum Gasteiger partial charge on any atom is 0.341 e. The Bertz CT molecular complexity index is 402. The molecule has 0 aliphatic heterocycles. The third-order valence-corrected chi connectivity index (χ3v) is 2.39. The zero-order chi connectivity index (χ0) is 12.7. The van der Waals surface area contributed by atoms with E-state index in [9.17, 15) is 4.79 Å². The highest BCUT2D eigenvalue weighted by Gasteiger charge is 2.13. The molecule has 0 aliphatic rings. The number of unbranched alkanes of at least 4 members (excludes halogenated alkanes) is 1. The van der Waals surface area contributed by atoms with Gasteiger partial charge in [0, 0.05) is 5.02 Å². The lowest BCUT2D eigenvalue weighted by Gasteiger charge is -2.10. The number of carbonyl (C=O) groups is 1. The second-order valence-electron chi connectivity index (χ2n) is 3.41. The van der Waals surface area contributed by atoms with E-state index >= 15 is 0 Å². The summed E-state index contributed by atoms with van der Waals surface area (Å²) < 4.78 is 10.2. The third-order valence-electron chi connectivity index (χ3n) is 2.16. The molecule has 92 valence electrons. The molecule has 0 heterocycles. The lowest BCUT2D eigenvalue weighted by atomic mass is 10.2. The molecule has 0 aliphatic carbocycles. The highest BCUT2D eigenvalue weighted by molar-refractivity contribution is 6.31. The average Bonchev–Trinajstić information content (AvgIpc) is 2.35. The fraction of sp³-hybridized carbons (Fsp3) is 0.308. The molecule has 1 aromatic rings. The van der Waals surface area contributed by atoms with E-state index in [-0.39, 0.29) is 0 Å². The summed E-state index contributed by atoms with van der Waals surface area (Å²) in [7, 11) is 1.32. The van der Waals surface area contributed by atoms with Gasteiger partial charge in [0.15, 0.2) is 0 Å². The molecule has 0 spiro atoms. The van der Waals surface area contributed by atoms with Crippen LogP contribution >= 0.6 is 11.6 Å². The summed E-state index contributed by atoms with van der Waals surface area (Å²) in [4.78, 5) is 11.5. The van der Waals surface area contributed by atoms with Crippen LogP contribution < -0.4 is 4.74 Å². The Morgan fingerprint density at radius 3 is 2.94 bits per heavy atom. The van der Waals surface area contributed by atoms with E-state index in [1.807, 2.05) is 6.08 Å². The first-order chi connectivity index (χ1) is 8.19. The van der Waals surface area contributed by atoms with Crippen LogP contribution in [0.2, 0.25) is 5.02 Å². The van der Waals surface area contributed by atoms with E-state index in [2.05, 4.69) is 11.3 Å². The van der Waals surface area contributed by atoms with Gasteiger partial charge < -0.3 is 9.47 Å². The molecule has 0 unspecified atom stereocenters. The number of rotatable bonds is 6. The summed E-state index contributed by atoms with van der Waals surface area (Å²) in [6.45, 7) is 4.15. The third kappa shape index (κ3) is 4.11. The summed E-state index contributed by atoms with van der Waals surface area (Å²) in [5.74, 6) is 0.0385. The highest BCUT2D eigenvalue weighted by atomic mass is 35.5. The summed E-state index contributed by atoms with van der Waals surface area (Å²) in [5, 5.41) is 0.476. The minimum Gasteiger partial charge on any atom is -0.493 e. The first-order valence-electron chi connectivity index (χ1n) is 5.30. The topological polar surface area (TPSA) is 35.5 Å². The molecular formula is C13H15ClO3. The van der Waals surface area contributed by atoms with Gasteiger partial charge in [0.2, 0.25) is 0 Å². The second-order valence-corrected chi connectivity index (χ2v) is 3.85. The van der Waals surface area contributed by atoms with Crippen molar-refractivity contribution < 1.29 is 14.3 Å². The summed E-state index contributed by atoms with van der Waals surface area (Å²) in [6, 6.07) is 4.88. The number of methoxy groups -OCH3 is 1. The predicted octanol–water partition coefficient (Wildman–Crippen LogP) is 3.47. The highest BCUT2D eigenvalue weighted by Crippen LogP contribution is 2.23. The van der Waals surface area contributed by atoms with Gasteiger partial charge in [-0.25, -0.2) is 4.79 Å². The van der Waals surface area contributed by atoms with Gasteiger partial charge in [0.05, 0.1) is 13.7 Å². The SMILES string of the molecule is C=CCCCOc1ccc(Cl)cc1C(=O)OC. The molecular weight excluding hydrogens is 240 g/mol. The molecule has 3 nitrogen and oxygen atoms in total. The molecule has 0 N–H and O–H groups in total. The van der Waals surface area contributed by atoms with Gasteiger partial charge in [-0.05, 0) is 31.0 Å². The van der Waals surface area contributed by atoms with Gasteiger partial charge in [0.1, 0.15) is 11.3 Å². The van der Waals surface area contributed by atoms with E-state index in [1.165, 1.54) is 13.2 Å². The zero-order valence-electron chi connectivity index (χ0n) is 9.74. The van der Waals surface area contributed by atoms with Crippen LogP contribution in [-0.2, 0) is 4.74 Å². The van der Waals surface area contributed by atoms with Crippen LogP contribution in [0.3, 0.4) is 0 Å². The quantitative estimate of drug-likeness (QED) is 0.443. The average molecular weight is 255 g/mol. The van der Waals surface area contributed by atoms with Crippen molar-refractivity contribution in [1.82, 2.24) is 0 Å². The summed E-state index contributed by atoms with van der Waals surface area (Å²) >= 11 is 5.83. The number of hydrogen-bond acceptors (Lipinski definition) is 3. The lowest BCUT2D eigenvalue weighted by Crippen LogP contribution is -2.06. The number of halogens is 1. The van der Waals surface area contributed by atoms with E-state index in [1.54, 1.807) is 12.1 Å². The predicted molar refractivity (Wildman–Crippen MR) is 67.7 cm³/mol. The van der Waals surface area contributed by atoms with Crippen molar-refractivity contribution in [3.05, 3.63) is 41.4 Å². The fourth-order valence-corrected chi connectivity index (χ4v) is 1.48. The van der Waals surface area contributed by atoms with E-state index in [0.717, 1.165) is 12.8 Å². The van der Waals surface area contributed by atoms with Crippen molar-refractivity contribution in [2.24, 2.45) is 0 Å². The van der Waals surface area contributed by atoms with Crippen molar-refractivity contribution in [2.75, 3.05) is 13.7 Å². The first-order valence-corrected chi connectivity index (χ1v) is 5.68. The van der Waals surface area contributed by atoms with Crippen LogP contribution in [-0.4, -0.2) is 19.7 Å². The minimum atomic E-state index is -0.453. The Morgan fingerprint density at radius 2 is 2.29 bits per heavy atom. The molecule has 17 heavy (non-hydrogen) atoms. The van der Waals surface area contributed by atoms with Gasteiger partial charge in [-0.3, -0.25) is 0 Å². The molecule has 0 fully saturated rings. The van der Waals surface area contributed by atoms with Crippen LogP contribution in [0.4, 0.5) is 0 Å². The van der Waals surface area contributed by atoms with Crippen LogP contribution in [0.5, 0.6) is 5.75 Å². The van der Waals surface area contributed by atoms with Crippen LogP contribution in [0, 0.1) is 0 Å². The largest absolute Gasteiger partial charge is 0.493 e. The maximum absolute atomic E-state index is 11.5. The summed E-state index contributed by atoms with van der Waals surface area (Å²) in [6.07, 6.45) is 3.56. The Kier molecular flexibility index (Phi) is 5.57. The van der Waals surface area contributed by atoms with Gasteiger partial charge in [0.25, 0.3) is 0 Å². The van der Waals surface area contributed by atoms with Crippen molar-refractivity contribution in [3.8, 4) is 5.75 Å². The van der Waals surface area contributed by atoms with Crippen molar-refractivity contribution in [1.29, 1.82) is 0 Å². The smallest absolute Gasteiger partial charge is 0.341 e. The van der Waals surface area contributed by atoms with Gasteiger partial charge >= 0.3 is 5.97 Å². The first kappa shape index (κ1) is 13.6. The van der Waals surface area contributed by atoms with Crippen LogP contribution in [0.1, 0.15) is 23.2 Å². The standard InChI is InChI=1S/C13H15ClO3/c1-3-4-5-8-17-12-7-6-10(14)9-11(12)13(15)16-2/h3,6-7,9H,1,4-5,8H2,2H3. The molecule has 0 radical (unpaired) electrons. The number of hydrogen-bond donors (Lipinski definition) is 0. The number of ether oxygens (including phenoxy) is 2. The normalized spacial score (nSPS) is 9.76. The molecule has 0 amide bonds. The van der Waals surface area contributed by atoms with E-state index < -0.39 is 5.97 Å². The van der Waals surface area contributed by atoms with E-state index in [4.69, 9.17) is 16.3 Å². The van der Waals surface area contributed by atoms with E-state index in [0.29, 0.717) is 22.9 Å². The number of esters is 1. The molecule has 4 heteroatoms.